The lowest BCUT2D eigenvalue weighted by Crippen LogP contribution is -2.39. The van der Waals surface area contributed by atoms with Gasteiger partial charge in [0.05, 0.1) is 5.56 Å². The highest BCUT2D eigenvalue weighted by atomic mass is 35.5. The number of urea groups is 1. The van der Waals surface area contributed by atoms with Crippen LogP contribution in [0, 0.1) is 0 Å². The molecule has 0 saturated heterocycles. The zero-order chi connectivity index (χ0) is 14.5. The van der Waals surface area contributed by atoms with Crippen LogP contribution in [0.1, 0.15) is 24.1 Å². The van der Waals surface area contributed by atoms with E-state index in [1.165, 1.54) is 12.1 Å². The van der Waals surface area contributed by atoms with E-state index in [2.05, 4.69) is 10.6 Å². The van der Waals surface area contributed by atoms with Crippen LogP contribution in [-0.4, -0.2) is 19.1 Å². The number of nitrogens with two attached hydrogens (primary N) is 1. The van der Waals surface area contributed by atoms with Crippen LogP contribution in [0.5, 0.6) is 0 Å². The predicted octanol–water partition coefficient (Wildman–Crippen LogP) is 2.45. The van der Waals surface area contributed by atoms with E-state index < -0.39 is 23.8 Å². The Morgan fingerprint density at radius 2 is 2.00 bits per heavy atom. The molecule has 0 bridgehead atoms. The van der Waals surface area contributed by atoms with Crippen molar-refractivity contribution in [2.45, 2.75) is 19.1 Å². The molecule has 0 fully saturated rings. The monoisotopic (exact) mass is 311 g/mol. The molecule has 0 aliphatic heterocycles. The molecule has 8 heteroatoms. The topological polar surface area (TPSA) is 67.2 Å². The SMILES string of the molecule is CCNC(=O)NCC(N)c1cccc(C(F)(F)F)c1.Cl. The first kappa shape index (κ1) is 18.5. The zero-order valence-corrected chi connectivity index (χ0v) is 11.6. The van der Waals surface area contributed by atoms with Gasteiger partial charge in [-0.05, 0) is 24.6 Å². The Labute approximate surface area is 121 Å². The highest BCUT2D eigenvalue weighted by molar-refractivity contribution is 5.85. The molecule has 0 aromatic heterocycles. The molecular formula is C12H17ClF3N3O. The minimum absolute atomic E-state index is 0. The Hall–Kier alpha value is -1.47. The molecule has 2 amide bonds. The molecule has 114 valence electrons. The molecule has 0 aliphatic rings. The highest BCUT2D eigenvalue weighted by Gasteiger charge is 2.30. The van der Waals surface area contributed by atoms with Gasteiger partial charge in [0.15, 0.2) is 0 Å². The van der Waals surface area contributed by atoms with Crippen molar-refractivity contribution < 1.29 is 18.0 Å². The third-order valence-electron chi connectivity index (χ3n) is 2.46. The van der Waals surface area contributed by atoms with Crippen molar-refractivity contribution in [1.29, 1.82) is 0 Å². The van der Waals surface area contributed by atoms with Gasteiger partial charge in [0.25, 0.3) is 0 Å². The summed E-state index contributed by atoms with van der Waals surface area (Å²) in [6.45, 7) is 2.28. The summed E-state index contributed by atoms with van der Waals surface area (Å²) in [6.07, 6.45) is -4.40. The Balaban J connectivity index is 0.00000361. The number of hydrogen-bond acceptors (Lipinski definition) is 2. The van der Waals surface area contributed by atoms with E-state index in [1.807, 2.05) is 0 Å². The molecule has 0 spiro atoms. The van der Waals surface area contributed by atoms with E-state index in [0.29, 0.717) is 12.1 Å². The maximum Gasteiger partial charge on any atom is 0.416 e. The van der Waals surface area contributed by atoms with Crippen LogP contribution in [0.15, 0.2) is 24.3 Å². The fourth-order valence-electron chi connectivity index (χ4n) is 1.49. The summed E-state index contributed by atoms with van der Waals surface area (Å²) in [5.41, 5.74) is 5.32. The minimum Gasteiger partial charge on any atom is -0.338 e. The average molecular weight is 312 g/mol. The second kappa shape index (κ2) is 7.96. The number of amides is 2. The largest absolute Gasteiger partial charge is 0.416 e. The fraction of sp³-hybridized carbons (Fsp3) is 0.417. The first-order valence-corrected chi connectivity index (χ1v) is 5.79. The molecule has 1 aromatic carbocycles. The van der Waals surface area contributed by atoms with Crippen molar-refractivity contribution in [3.63, 3.8) is 0 Å². The first-order chi connectivity index (χ1) is 8.84. The number of benzene rings is 1. The van der Waals surface area contributed by atoms with Crippen molar-refractivity contribution in [3.05, 3.63) is 35.4 Å². The summed E-state index contributed by atoms with van der Waals surface area (Å²) in [6, 6.07) is 3.68. The third kappa shape index (κ3) is 5.66. The zero-order valence-electron chi connectivity index (χ0n) is 10.8. The van der Waals surface area contributed by atoms with E-state index in [9.17, 15) is 18.0 Å². The second-order valence-electron chi connectivity index (χ2n) is 3.97. The van der Waals surface area contributed by atoms with E-state index in [1.54, 1.807) is 6.92 Å². The second-order valence-corrected chi connectivity index (χ2v) is 3.97. The van der Waals surface area contributed by atoms with E-state index in [4.69, 9.17) is 5.73 Å². The lowest BCUT2D eigenvalue weighted by molar-refractivity contribution is -0.137. The highest BCUT2D eigenvalue weighted by Crippen LogP contribution is 2.30. The predicted molar refractivity (Wildman–Crippen MR) is 72.7 cm³/mol. The van der Waals surface area contributed by atoms with Crippen LogP contribution in [0.25, 0.3) is 0 Å². The van der Waals surface area contributed by atoms with Crippen molar-refractivity contribution in [2.75, 3.05) is 13.1 Å². The van der Waals surface area contributed by atoms with Gasteiger partial charge < -0.3 is 16.4 Å². The number of nitrogens with one attached hydrogen (secondary N) is 2. The molecule has 0 radical (unpaired) electrons. The summed E-state index contributed by atoms with van der Waals surface area (Å²) in [5.74, 6) is 0. The molecule has 1 unspecified atom stereocenters. The number of carbonyl (C=O) groups is 1. The molecule has 1 rings (SSSR count). The number of carbonyl (C=O) groups excluding carboxylic acids is 1. The number of halogens is 4. The Bertz CT molecular complexity index is 440. The van der Waals surface area contributed by atoms with E-state index in [-0.39, 0.29) is 19.0 Å². The molecule has 4 N–H and O–H groups in total. The van der Waals surface area contributed by atoms with Gasteiger partial charge >= 0.3 is 12.2 Å². The van der Waals surface area contributed by atoms with Gasteiger partial charge in [0.2, 0.25) is 0 Å². The fourth-order valence-corrected chi connectivity index (χ4v) is 1.49. The number of rotatable bonds is 4. The van der Waals surface area contributed by atoms with Crippen LogP contribution in [0.4, 0.5) is 18.0 Å². The van der Waals surface area contributed by atoms with Gasteiger partial charge in [0.1, 0.15) is 0 Å². The molecule has 4 nitrogen and oxygen atoms in total. The van der Waals surface area contributed by atoms with Crippen molar-refractivity contribution in [2.24, 2.45) is 5.73 Å². The molecular weight excluding hydrogens is 295 g/mol. The van der Waals surface area contributed by atoms with Crippen molar-refractivity contribution in [3.8, 4) is 0 Å². The molecule has 1 atom stereocenters. The minimum atomic E-state index is -4.40. The number of alkyl halides is 3. The molecule has 0 aliphatic carbocycles. The van der Waals surface area contributed by atoms with Crippen molar-refractivity contribution in [1.82, 2.24) is 10.6 Å². The van der Waals surface area contributed by atoms with Crippen LogP contribution in [0.3, 0.4) is 0 Å². The Morgan fingerprint density at radius 1 is 1.35 bits per heavy atom. The Morgan fingerprint density at radius 3 is 2.55 bits per heavy atom. The van der Waals surface area contributed by atoms with Crippen LogP contribution in [0.2, 0.25) is 0 Å². The van der Waals surface area contributed by atoms with Crippen LogP contribution < -0.4 is 16.4 Å². The van der Waals surface area contributed by atoms with Gasteiger partial charge in [-0.1, -0.05) is 12.1 Å². The quantitative estimate of drug-likeness (QED) is 0.799. The molecule has 20 heavy (non-hydrogen) atoms. The first-order valence-electron chi connectivity index (χ1n) is 5.79. The maximum absolute atomic E-state index is 12.5. The van der Waals surface area contributed by atoms with E-state index in [0.717, 1.165) is 12.1 Å². The normalized spacial score (nSPS) is 12.2. The standard InChI is InChI=1S/C12H16F3N3O.ClH/c1-2-17-11(19)18-7-10(16)8-4-3-5-9(6-8)12(13,14)15;/h3-6,10H,2,7,16H2,1H3,(H2,17,18,19);1H. The van der Waals surface area contributed by atoms with Gasteiger partial charge in [-0.25, -0.2) is 4.79 Å². The summed E-state index contributed by atoms with van der Waals surface area (Å²) < 4.78 is 37.6. The molecule has 1 aromatic rings. The van der Waals surface area contributed by atoms with Gasteiger partial charge in [-0.15, -0.1) is 12.4 Å². The molecule has 0 saturated carbocycles. The maximum atomic E-state index is 12.5. The molecule has 0 heterocycles. The Kier molecular flexibility index (Phi) is 7.38. The van der Waals surface area contributed by atoms with Gasteiger partial charge in [0, 0.05) is 19.1 Å². The smallest absolute Gasteiger partial charge is 0.338 e. The van der Waals surface area contributed by atoms with Crippen LogP contribution >= 0.6 is 12.4 Å². The average Bonchev–Trinajstić information content (AvgIpc) is 2.35. The summed E-state index contributed by atoms with van der Waals surface area (Å²) in [5, 5.41) is 4.99. The van der Waals surface area contributed by atoms with E-state index >= 15 is 0 Å². The van der Waals surface area contributed by atoms with Gasteiger partial charge in [-0.2, -0.15) is 13.2 Å². The lowest BCUT2D eigenvalue weighted by atomic mass is 10.0. The van der Waals surface area contributed by atoms with Crippen LogP contribution in [-0.2, 0) is 6.18 Å². The van der Waals surface area contributed by atoms with Gasteiger partial charge in [-0.3, -0.25) is 0 Å². The van der Waals surface area contributed by atoms with Crippen molar-refractivity contribution >= 4 is 18.4 Å². The number of hydrogen-bond donors (Lipinski definition) is 3. The lowest BCUT2D eigenvalue weighted by Gasteiger charge is -2.15. The summed E-state index contributed by atoms with van der Waals surface area (Å²) in [7, 11) is 0. The summed E-state index contributed by atoms with van der Waals surface area (Å²) in [4.78, 5) is 11.1. The summed E-state index contributed by atoms with van der Waals surface area (Å²) >= 11 is 0. The third-order valence-corrected chi connectivity index (χ3v) is 2.46.